The van der Waals surface area contributed by atoms with Crippen molar-refractivity contribution in [1.29, 1.82) is 0 Å². The molecule has 1 saturated heterocycles. The predicted molar refractivity (Wildman–Crippen MR) is 76.1 cm³/mol. The van der Waals surface area contributed by atoms with Crippen molar-refractivity contribution < 1.29 is 4.79 Å². The van der Waals surface area contributed by atoms with Gasteiger partial charge in [-0.15, -0.1) is 0 Å². The number of carbonyl (C=O) groups excluding carboxylic acids is 1. The summed E-state index contributed by atoms with van der Waals surface area (Å²) in [7, 11) is 0. The van der Waals surface area contributed by atoms with Gasteiger partial charge in [-0.1, -0.05) is 20.8 Å². The Kier molecular flexibility index (Phi) is 3.70. The van der Waals surface area contributed by atoms with Crippen molar-refractivity contribution in [2.75, 3.05) is 13.1 Å². The highest BCUT2D eigenvalue weighted by atomic mass is 16.2. The van der Waals surface area contributed by atoms with Gasteiger partial charge in [0.2, 0.25) is 0 Å². The number of H-pyrrole nitrogens is 1. The maximum absolute atomic E-state index is 12.5. The molecule has 0 saturated carbocycles. The molecule has 1 aromatic heterocycles. The number of likely N-dealkylation sites (tertiary alicyclic amines) is 1. The van der Waals surface area contributed by atoms with Crippen LogP contribution < -0.4 is 0 Å². The second kappa shape index (κ2) is 4.99. The minimum atomic E-state index is 0.135. The molecule has 106 valence electrons. The van der Waals surface area contributed by atoms with Crippen LogP contribution in [0.15, 0.2) is 0 Å². The van der Waals surface area contributed by atoms with Crippen LogP contribution in [0.1, 0.15) is 55.4 Å². The van der Waals surface area contributed by atoms with Crippen molar-refractivity contribution in [3.63, 3.8) is 0 Å². The third kappa shape index (κ3) is 2.82. The Hall–Kier alpha value is -1.32. The van der Waals surface area contributed by atoms with Crippen LogP contribution >= 0.6 is 0 Å². The zero-order valence-corrected chi connectivity index (χ0v) is 12.7. The lowest BCUT2D eigenvalue weighted by Gasteiger charge is -2.38. The Morgan fingerprint density at radius 2 is 1.84 bits per heavy atom. The van der Waals surface area contributed by atoms with E-state index in [0.29, 0.717) is 11.3 Å². The Morgan fingerprint density at radius 3 is 2.26 bits per heavy atom. The van der Waals surface area contributed by atoms with Crippen LogP contribution in [0.2, 0.25) is 0 Å². The Morgan fingerprint density at radius 1 is 1.26 bits per heavy atom. The van der Waals surface area contributed by atoms with E-state index in [2.05, 4.69) is 31.0 Å². The van der Waals surface area contributed by atoms with Crippen LogP contribution in [-0.4, -0.2) is 34.1 Å². The van der Waals surface area contributed by atoms with Gasteiger partial charge in [-0.25, -0.2) is 0 Å². The Bertz CT molecular complexity index is 443. The van der Waals surface area contributed by atoms with Crippen molar-refractivity contribution >= 4 is 5.91 Å². The average Bonchev–Trinajstić information content (AvgIpc) is 2.67. The summed E-state index contributed by atoms with van der Waals surface area (Å²) in [4.78, 5) is 14.5. The lowest BCUT2D eigenvalue weighted by Crippen LogP contribution is -2.41. The summed E-state index contributed by atoms with van der Waals surface area (Å²) in [5.74, 6) is 0.846. The van der Waals surface area contributed by atoms with E-state index in [1.165, 1.54) is 0 Å². The van der Waals surface area contributed by atoms with Gasteiger partial charge in [0.15, 0.2) is 0 Å². The molecule has 0 bridgehead atoms. The van der Waals surface area contributed by atoms with E-state index < -0.39 is 0 Å². The van der Waals surface area contributed by atoms with Gasteiger partial charge in [0.05, 0.1) is 11.3 Å². The number of aromatic nitrogens is 2. The van der Waals surface area contributed by atoms with Crippen LogP contribution in [0.25, 0.3) is 0 Å². The first kappa shape index (κ1) is 14.1. The van der Waals surface area contributed by atoms with Crippen LogP contribution in [0.5, 0.6) is 0 Å². The highest BCUT2D eigenvalue weighted by Crippen LogP contribution is 2.34. The first-order chi connectivity index (χ1) is 8.80. The van der Waals surface area contributed by atoms with Gasteiger partial charge < -0.3 is 4.90 Å². The van der Waals surface area contributed by atoms with E-state index in [-0.39, 0.29) is 5.91 Å². The van der Waals surface area contributed by atoms with Crippen LogP contribution in [-0.2, 0) is 0 Å². The predicted octanol–water partition coefficient (Wildman–Crippen LogP) is 2.92. The molecular formula is C15H25N3O. The number of piperidine rings is 1. The molecule has 1 N–H and O–H groups in total. The zero-order chi connectivity index (χ0) is 14.2. The smallest absolute Gasteiger partial charge is 0.257 e. The number of hydrogen-bond donors (Lipinski definition) is 1. The van der Waals surface area contributed by atoms with Gasteiger partial charge in [-0.3, -0.25) is 9.89 Å². The van der Waals surface area contributed by atoms with E-state index in [4.69, 9.17) is 0 Å². The van der Waals surface area contributed by atoms with Crippen LogP contribution in [0.3, 0.4) is 0 Å². The fourth-order valence-electron chi connectivity index (χ4n) is 2.97. The standard InChI is InChI=1S/C15H25N3O/c1-10-13(11(2)17-16-10)14(19)18-8-6-12(7-9-18)15(3,4)5/h12H,6-9H2,1-5H3,(H,16,17). The molecule has 1 fully saturated rings. The molecule has 0 spiro atoms. The molecule has 1 aliphatic heterocycles. The van der Waals surface area contributed by atoms with E-state index in [1.54, 1.807) is 0 Å². The van der Waals surface area contributed by atoms with Crippen LogP contribution in [0.4, 0.5) is 0 Å². The largest absolute Gasteiger partial charge is 0.339 e. The van der Waals surface area contributed by atoms with Gasteiger partial charge in [0.25, 0.3) is 5.91 Å². The lowest BCUT2D eigenvalue weighted by atomic mass is 9.75. The van der Waals surface area contributed by atoms with E-state index in [9.17, 15) is 4.79 Å². The van der Waals surface area contributed by atoms with Crippen molar-refractivity contribution in [2.45, 2.75) is 47.5 Å². The summed E-state index contributed by atoms with van der Waals surface area (Å²) < 4.78 is 0. The minimum Gasteiger partial charge on any atom is -0.339 e. The maximum Gasteiger partial charge on any atom is 0.257 e. The average molecular weight is 263 g/mol. The Balaban J connectivity index is 2.04. The number of amides is 1. The van der Waals surface area contributed by atoms with E-state index in [1.807, 2.05) is 18.7 Å². The fourth-order valence-corrected chi connectivity index (χ4v) is 2.97. The summed E-state index contributed by atoms with van der Waals surface area (Å²) in [6.45, 7) is 12.4. The molecule has 0 aromatic carbocycles. The lowest BCUT2D eigenvalue weighted by molar-refractivity contribution is 0.0607. The number of carbonyl (C=O) groups is 1. The van der Waals surface area contributed by atoms with Crippen molar-refractivity contribution in [3.8, 4) is 0 Å². The minimum absolute atomic E-state index is 0.135. The molecule has 1 aliphatic rings. The highest BCUT2D eigenvalue weighted by Gasteiger charge is 2.31. The van der Waals surface area contributed by atoms with Gasteiger partial charge in [-0.05, 0) is 38.0 Å². The van der Waals surface area contributed by atoms with Crippen molar-refractivity contribution in [3.05, 3.63) is 17.0 Å². The second-order valence-corrected chi connectivity index (χ2v) is 6.74. The molecule has 19 heavy (non-hydrogen) atoms. The van der Waals surface area contributed by atoms with Crippen LogP contribution in [0, 0.1) is 25.2 Å². The number of rotatable bonds is 1. The monoisotopic (exact) mass is 263 g/mol. The normalized spacial score (nSPS) is 17.8. The van der Waals surface area contributed by atoms with E-state index in [0.717, 1.165) is 42.9 Å². The molecule has 4 heteroatoms. The third-order valence-electron chi connectivity index (χ3n) is 4.35. The molecule has 1 amide bonds. The number of nitrogens with one attached hydrogen (secondary N) is 1. The molecule has 4 nitrogen and oxygen atoms in total. The number of aryl methyl sites for hydroxylation is 2. The molecule has 0 atom stereocenters. The van der Waals surface area contributed by atoms with Gasteiger partial charge in [0.1, 0.15) is 0 Å². The molecule has 2 rings (SSSR count). The number of aromatic amines is 1. The van der Waals surface area contributed by atoms with Gasteiger partial charge in [0, 0.05) is 18.8 Å². The summed E-state index contributed by atoms with van der Waals surface area (Å²) >= 11 is 0. The first-order valence-corrected chi connectivity index (χ1v) is 7.11. The maximum atomic E-state index is 12.5. The van der Waals surface area contributed by atoms with Gasteiger partial charge >= 0.3 is 0 Å². The second-order valence-electron chi connectivity index (χ2n) is 6.74. The molecular weight excluding hydrogens is 238 g/mol. The zero-order valence-electron chi connectivity index (χ0n) is 12.7. The molecule has 2 heterocycles. The molecule has 1 aromatic rings. The number of nitrogens with zero attached hydrogens (tertiary/aromatic N) is 2. The molecule has 0 radical (unpaired) electrons. The highest BCUT2D eigenvalue weighted by molar-refractivity contribution is 5.96. The first-order valence-electron chi connectivity index (χ1n) is 7.11. The van der Waals surface area contributed by atoms with E-state index >= 15 is 0 Å². The summed E-state index contributed by atoms with van der Waals surface area (Å²) in [6.07, 6.45) is 2.20. The SMILES string of the molecule is Cc1n[nH]c(C)c1C(=O)N1CCC(C(C)(C)C)CC1. The van der Waals surface area contributed by atoms with Gasteiger partial charge in [-0.2, -0.15) is 5.10 Å². The Labute approximate surface area is 115 Å². The number of hydrogen-bond acceptors (Lipinski definition) is 2. The van der Waals surface area contributed by atoms with Crippen molar-refractivity contribution in [2.24, 2.45) is 11.3 Å². The molecule has 0 aliphatic carbocycles. The van der Waals surface area contributed by atoms with Crippen molar-refractivity contribution in [1.82, 2.24) is 15.1 Å². The third-order valence-corrected chi connectivity index (χ3v) is 4.35. The summed E-state index contributed by atoms with van der Waals surface area (Å²) in [5.41, 5.74) is 2.78. The summed E-state index contributed by atoms with van der Waals surface area (Å²) in [6, 6.07) is 0. The topological polar surface area (TPSA) is 49.0 Å². The quantitative estimate of drug-likeness (QED) is 0.847. The fraction of sp³-hybridized carbons (Fsp3) is 0.733. The summed E-state index contributed by atoms with van der Waals surface area (Å²) in [5, 5.41) is 7.01. The molecule has 0 unspecified atom stereocenters.